The number of benzene rings is 1. The summed E-state index contributed by atoms with van der Waals surface area (Å²) in [6.07, 6.45) is 0. The summed E-state index contributed by atoms with van der Waals surface area (Å²) in [5.41, 5.74) is 1.91. The fourth-order valence-electron chi connectivity index (χ4n) is 2.74. The Labute approximate surface area is 130 Å². The average Bonchev–Trinajstić information content (AvgIpc) is 2.64. The number of aromatic nitrogens is 2. The van der Waals surface area contributed by atoms with E-state index in [1.807, 2.05) is 45.9 Å². The summed E-state index contributed by atoms with van der Waals surface area (Å²) in [5, 5.41) is 0. The molecule has 0 bridgehead atoms. The second-order valence-corrected chi connectivity index (χ2v) is 6.86. The first-order chi connectivity index (χ1) is 10.1. The Balaban J connectivity index is 2.22. The van der Waals surface area contributed by atoms with Crippen LogP contribution < -0.4 is 11.0 Å². The molecule has 1 aliphatic heterocycles. The van der Waals surface area contributed by atoms with Gasteiger partial charge in [-0.15, -0.1) is 0 Å². The zero-order chi connectivity index (χ0) is 16.3. The molecule has 0 saturated carbocycles. The van der Waals surface area contributed by atoms with Gasteiger partial charge in [0.05, 0.1) is 22.2 Å². The van der Waals surface area contributed by atoms with Gasteiger partial charge < -0.3 is 13.9 Å². The van der Waals surface area contributed by atoms with E-state index < -0.39 is 18.3 Å². The van der Waals surface area contributed by atoms with Gasteiger partial charge in [-0.1, -0.05) is 12.1 Å². The lowest BCUT2D eigenvalue weighted by Crippen LogP contribution is -2.41. The largest absolute Gasteiger partial charge is 0.497 e. The summed E-state index contributed by atoms with van der Waals surface area (Å²) in [6, 6.07) is 5.75. The first-order valence-electron chi connectivity index (χ1n) is 7.46. The molecule has 1 fully saturated rings. The van der Waals surface area contributed by atoms with Crippen LogP contribution in [0.5, 0.6) is 0 Å². The molecule has 6 heteroatoms. The van der Waals surface area contributed by atoms with Crippen LogP contribution in [0.15, 0.2) is 23.0 Å². The summed E-state index contributed by atoms with van der Waals surface area (Å²) in [7, 11) is 1.25. The highest BCUT2D eigenvalue weighted by atomic mass is 16.7. The van der Waals surface area contributed by atoms with Crippen LogP contribution in [0.1, 0.15) is 33.4 Å². The van der Waals surface area contributed by atoms with Gasteiger partial charge in [0.15, 0.2) is 0 Å². The standard InChI is InChI=1S/C16H21BN2O3/c1-10-14(20)19(6)13-11(8-7-9-12(13)18-10)17-21-15(2,3)16(4,5)22-17/h7-9H,1-6H3. The van der Waals surface area contributed by atoms with E-state index >= 15 is 0 Å². The Hall–Kier alpha value is -1.66. The highest BCUT2D eigenvalue weighted by molar-refractivity contribution is 6.64. The third-order valence-electron chi connectivity index (χ3n) is 4.79. The van der Waals surface area contributed by atoms with E-state index in [4.69, 9.17) is 9.31 Å². The predicted octanol–water partition coefficient (Wildman–Crippen LogP) is 1.54. The van der Waals surface area contributed by atoms with E-state index in [1.54, 1.807) is 18.5 Å². The molecule has 2 aromatic rings. The first kappa shape index (κ1) is 15.2. The van der Waals surface area contributed by atoms with E-state index in [1.165, 1.54) is 0 Å². The Bertz CT molecular complexity index is 795. The minimum atomic E-state index is -0.510. The molecule has 0 atom stereocenters. The van der Waals surface area contributed by atoms with Crippen molar-refractivity contribution in [3.63, 3.8) is 0 Å². The normalized spacial score (nSPS) is 19.8. The molecular weight excluding hydrogens is 279 g/mol. The highest BCUT2D eigenvalue weighted by Crippen LogP contribution is 2.36. The van der Waals surface area contributed by atoms with Gasteiger partial charge in [-0.2, -0.15) is 0 Å². The maximum atomic E-state index is 12.2. The minimum Gasteiger partial charge on any atom is -0.399 e. The zero-order valence-corrected chi connectivity index (χ0v) is 13.9. The molecule has 0 radical (unpaired) electrons. The number of nitrogens with zero attached hydrogens (tertiary/aromatic N) is 2. The monoisotopic (exact) mass is 300 g/mol. The molecule has 1 aliphatic rings. The summed E-state index contributed by atoms with van der Waals surface area (Å²) in [6.45, 7) is 9.78. The summed E-state index contributed by atoms with van der Waals surface area (Å²) < 4.78 is 13.9. The molecule has 22 heavy (non-hydrogen) atoms. The Morgan fingerprint density at radius 2 is 1.73 bits per heavy atom. The molecule has 3 rings (SSSR count). The third kappa shape index (κ3) is 2.09. The van der Waals surface area contributed by atoms with Crippen LogP contribution in [0.2, 0.25) is 0 Å². The lowest BCUT2D eigenvalue weighted by Gasteiger charge is -2.32. The molecule has 0 spiro atoms. The van der Waals surface area contributed by atoms with Crippen molar-refractivity contribution >= 4 is 23.6 Å². The summed E-state index contributed by atoms with van der Waals surface area (Å²) >= 11 is 0. The molecule has 0 amide bonds. The Kier molecular flexibility index (Phi) is 3.24. The van der Waals surface area contributed by atoms with Crippen LogP contribution in [0.4, 0.5) is 0 Å². The summed E-state index contributed by atoms with van der Waals surface area (Å²) in [5.74, 6) is 0. The second kappa shape index (κ2) is 4.67. The summed E-state index contributed by atoms with van der Waals surface area (Å²) in [4.78, 5) is 16.6. The molecule has 5 nitrogen and oxygen atoms in total. The van der Waals surface area contributed by atoms with Crippen molar-refractivity contribution in [3.05, 3.63) is 34.2 Å². The fraction of sp³-hybridized carbons (Fsp3) is 0.500. The minimum absolute atomic E-state index is 0.100. The molecule has 1 saturated heterocycles. The predicted molar refractivity (Wildman–Crippen MR) is 87.4 cm³/mol. The number of fused-ring (bicyclic) bond motifs is 1. The van der Waals surface area contributed by atoms with Crippen molar-refractivity contribution in [3.8, 4) is 0 Å². The van der Waals surface area contributed by atoms with E-state index in [-0.39, 0.29) is 5.56 Å². The van der Waals surface area contributed by atoms with Gasteiger partial charge >= 0.3 is 7.12 Å². The lowest BCUT2D eigenvalue weighted by atomic mass is 9.78. The molecule has 116 valence electrons. The van der Waals surface area contributed by atoms with E-state index in [0.717, 1.165) is 16.5 Å². The van der Waals surface area contributed by atoms with Crippen molar-refractivity contribution in [2.45, 2.75) is 45.8 Å². The Morgan fingerprint density at radius 3 is 2.32 bits per heavy atom. The quantitative estimate of drug-likeness (QED) is 0.750. The molecular formula is C16H21BN2O3. The maximum Gasteiger partial charge on any atom is 0.497 e. The topological polar surface area (TPSA) is 53.4 Å². The maximum absolute atomic E-state index is 12.2. The smallest absolute Gasteiger partial charge is 0.399 e. The number of rotatable bonds is 1. The van der Waals surface area contributed by atoms with Crippen LogP contribution in [0, 0.1) is 6.92 Å². The SMILES string of the molecule is Cc1nc2cccc(B3OC(C)(C)C(C)(C)O3)c2n(C)c1=O. The molecule has 0 N–H and O–H groups in total. The van der Waals surface area contributed by atoms with Gasteiger partial charge in [0.1, 0.15) is 5.69 Å². The number of aryl methyl sites for hydroxylation is 2. The fourth-order valence-corrected chi connectivity index (χ4v) is 2.74. The van der Waals surface area contributed by atoms with Crippen molar-refractivity contribution in [2.24, 2.45) is 7.05 Å². The molecule has 1 aromatic carbocycles. The van der Waals surface area contributed by atoms with E-state index in [0.29, 0.717) is 5.69 Å². The van der Waals surface area contributed by atoms with Crippen LogP contribution in [0.3, 0.4) is 0 Å². The number of hydrogen-bond acceptors (Lipinski definition) is 4. The van der Waals surface area contributed by atoms with Crippen molar-refractivity contribution in [2.75, 3.05) is 0 Å². The zero-order valence-electron chi connectivity index (χ0n) is 13.9. The highest BCUT2D eigenvalue weighted by Gasteiger charge is 2.52. The Morgan fingerprint density at radius 1 is 1.14 bits per heavy atom. The van der Waals surface area contributed by atoms with Gasteiger partial charge in [-0.05, 0) is 40.7 Å². The average molecular weight is 300 g/mol. The number of hydrogen-bond donors (Lipinski definition) is 0. The van der Waals surface area contributed by atoms with Crippen LogP contribution >= 0.6 is 0 Å². The van der Waals surface area contributed by atoms with Crippen LogP contribution in [0.25, 0.3) is 11.0 Å². The van der Waals surface area contributed by atoms with Crippen molar-refractivity contribution < 1.29 is 9.31 Å². The molecule has 0 unspecified atom stereocenters. The van der Waals surface area contributed by atoms with Gasteiger partial charge in [0.25, 0.3) is 5.56 Å². The van der Waals surface area contributed by atoms with Crippen LogP contribution in [-0.2, 0) is 16.4 Å². The third-order valence-corrected chi connectivity index (χ3v) is 4.79. The van der Waals surface area contributed by atoms with E-state index in [2.05, 4.69) is 4.98 Å². The van der Waals surface area contributed by atoms with Gasteiger partial charge in [0, 0.05) is 12.5 Å². The van der Waals surface area contributed by atoms with Crippen molar-refractivity contribution in [1.29, 1.82) is 0 Å². The first-order valence-corrected chi connectivity index (χ1v) is 7.46. The van der Waals surface area contributed by atoms with E-state index in [9.17, 15) is 4.79 Å². The van der Waals surface area contributed by atoms with Gasteiger partial charge in [0.2, 0.25) is 0 Å². The van der Waals surface area contributed by atoms with Crippen molar-refractivity contribution in [1.82, 2.24) is 9.55 Å². The molecule has 2 heterocycles. The van der Waals surface area contributed by atoms with Gasteiger partial charge in [-0.3, -0.25) is 4.79 Å². The number of para-hydroxylation sites is 1. The molecule has 0 aliphatic carbocycles. The second-order valence-electron chi connectivity index (χ2n) is 6.86. The lowest BCUT2D eigenvalue weighted by molar-refractivity contribution is 0.00578. The molecule has 1 aromatic heterocycles. The van der Waals surface area contributed by atoms with Gasteiger partial charge in [-0.25, -0.2) is 4.98 Å². The van der Waals surface area contributed by atoms with Crippen LogP contribution in [-0.4, -0.2) is 27.9 Å².